The first kappa shape index (κ1) is 15.7. The Morgan fingerprint density at radius 3 is 2.61 bits per heavy atom. The molecule has 0 heterocycles. The highest BCUT2D eigenvalue weighted by molar-refractivity contribution is 14.1. The minimum atomic E-state index is 0.0839. The fraction of sp³-hybridized carbons (Fsp3) is 0.467. The van der Waals surface area contributed by atoms with Crippen LogP contribution in [0.4, 0.5) is 0 Å². The molecule has 0 amide bonds. The number of methoxy groups -OCH3 is 1. The number of halogens is 1. The lowest BCUT2D eigenvalue weighted by Gasteiger charge is -2.26. The summed E-state index contributed by atoms with van der Waals surface area (Å²) in [5, 5.41) is 3.41. The fourth-order valence-corrected chi connectivity index (χ4v) is 2.18. The largest absolute Gasteiger partial charge is 0.383 e. The average molecular weight is 359 g/mol. The first-order valence-corrected chi connectivity index (χ1v) is 7.25. The molecule has 0 aromatic heterocycles. The van der Waals surface area contributed by atoms with Crippen LogP contribution in [0.2, 0.25) is 0 Å². The zero-order chi connectivity index (χ0) is 13.4. The summed E-state index contributed by atoms with van der Waals surface area (Å²) in [6, 6.07) is 8.69. The highest BCUT2D eigenvalue weighted by Gasteiger charge is 2.20. The number of nitrogens with one attached hydrogen (secondary N) is 1. The molecule has 1 atom stereocenters. The Bertz CT molecular complexity index is 363. The molecule has 1 N–H and O–H groups in total. The van der Waals surface area contributed by atoms with E-state index in [1.54, 1.807) is 7.11 Å². The molecule has 0 aliphatic carbocycles. The molecule has 3 heteroatoms. The number of hydrogen-bond acceptors (Lipinski definition) is 2. The molecule has 0 aliphatic heterocycles. The van der Waals surface area contributed by atoms with Crippen LogP contribution in [0.3, 0.4) is 0 Å². The van der Waals surface area contributed by atoms with E-state index in [1.165, 1.54) is 9.13 Å². The third-order valence-electron chi connectivity index (χ3n) is 3.03. The maximum atomic E-state index is 5.03. The molecule has 0 saturated heterocycles. The molecule has 0 aliphatic rings. The van der Waals surface area contributed by atoms with E-state index < -0.39 is 0 Å². The number of benzene rings is 1. The van der Waals surface area contributed by atoms with Crippen LogP contribution in [-0.4, -0.2) is 26.8 Å². The lowest BCUT2D eigenvalue weighted by atomic mass is 9.83. The van der Waals surface area contributed by atoms with E-state index in [-0.39, 0.29) is 5.41 Å². The van der Waals surface area contributed by atoms with Crippen LogP contribution in [-0.2, 0) is 11.2 Å². The topological polar surface area (TPSA) is 21.3 Å². The lowest BCUT2D eigenvalue weighted by molar-refractivity contribution is 0.196. The number of rotatable bonds is 8. The molecule has 1 aromatic rings. The summed E-state index contributed by atoms with van der Waals surface area (Å²) in [5.41, 5.74) is 1.44. The maximum absolute atomic E-state index is 5.03. The third-order valence-corrected chi connectivity index (χ3v) is 3.74. The fourth-order valence-electron chi connectivity index (χ4n) is 1.82. The van der Waals surface area contributed by atoms with Gasteiger partial charge in [-0.05, 0) is 46.7 Å². The molecule has 1 rings (SSSR count). The van der Waals surface area contributed by atoms with Gasteiger partial charge < -0.3 is 10.1 Å². The van der Waals surface area contributed by atoms with Crippen LogP contribution in [0.5, 0.6) is 0 Å². The Labute approximate surface area is 124 Å². The van der Waals surface area contributed by atoms with Gasteiger partial charge in [-0.25, -0.2) is 0 Å². The smallest absolute Gasteiger partial charge is 0.0587 e. The van der Waals surface area contributed by atoms with E-state index in [1.807, 2.05) is 6.08 Å². The lowest BCUT2D eigenvalue weighted by Crippen LogP contribution is -2.33. The second kappa shape index (κ2) is 7.92. The summed E-state index contributed by atoms with van der Waals surface area (Å²) in [5.74, 6) is 0. The second-order valence-electron chi connectivity index (χ2n) is 4.83. The molecule has 1 unspecified atom stereocenters. The predicted molar refractivity (Wildman–Crippen MR) is 85.9 cm³/mol. The minimum Gasteiger partial charge on any atom is -0.383 e. The van der Waals surface area contributed by atoms with Crippen LogP contribution in [0.25, 0.3) is 0 Å². The standard InChI is InChI=1S/C15H22INO/c1-4-15(2,12-17-9-10-18-3)11-13-5-7-14(16)8-6-13/h4-8,17H,1,9-12H2,2-3H3. The summed E-state index contributed by atoms with van der Waals surface area (Å²) in [6.07, 6.45) is 3.05. The first-order valence-electron chi connectivity index (χ1n) is 6.17. The zero-order valence-corrected chi connectivity index (χ0v) is 13.4. The Balaban J connectivity index is 2.53. The summed E-state index contributed by atoms with van der Waals surface area (Å²) in [4.78, 5) is 0. The monoisotopic (exact) mass is 359 g/mol. The zero-order valence-electron chi connectivity index (χ0n) is 11.2. The van der Waals surface area contributed by atoms with Crippen molar-refractivity contribution in [2.24, 2.45) is 5.41 Å². The predicted octanol–water partition coefficient (Wildman–Crippen LogP) is 3.26. The van der Waals surface area contributed by atoms with E-state index in [0.717, 1.165) is 26.1 Å². The normalized spacial score (nSPS) is 14.2. The molecule has 0 bridgehead atoms. The SMILES string of the molecule is C=CC(C)(CNCCOC)Cc1ccc(I)cc1. The maximum Gasteiger partial charge on any atom is 0.0587 e. The van der Waals surface area contributed by atoms with Gasteiger partial charge in [0.25, 0.3) is 0 Å². The first-order chi connectivity index (χ1) is 8.59. The van der Waals surface area contributed by atoms with E-state index in [4.69, 9.17) is 4.74 Å². The Kier molecular flexibility index (Phi) is 6.89. The Hall–Kier alpha value is -0.390. The average Bonchev–Trinajstić information content (AvgIpc) is 2.38. The molecular weight excluding hydrogens is 337 g/mol. The number of hydrogen-bond donors (Lipinski definition) is 1. The van der Waals surface area contributed by atoms with E-state index in [9.17, 15) is 0 Å². The van der Waals surface area contributed by atoms with Gasteiger partial charge in [-0.3, -0.25) is 0 Å². The van der Waals surface area contributed by atoms with Crippen molar-refractivity contribution in [3.05, 3.63) is 46.1 Å². The van der Waals surface area contributed by atoms with Crippen molar-refractivity contribution >= 4 is 22.6 Å². The Morgan fingerprint density at radius 1 is 1.39 bits per heavy atom. The molecule has 0 saturated carbocycles. The molecule has 100 valence electrons. The summed E-state index contributed by atoms with van der Waals surface area (Å²) in [7, 11) is 1.72. The summed E-state index contributed by atoms with van der Waals surface area (Å²) < 4.78 is 6.31. The minimum absolute atomic E-state index is 0.0839. The molecule has 0 spiro atoms. The second-order valence-corrected chi connectivity index (χ2v) is 6.08. The van der Waals surface area contributed by atoms with Gasteiger partial charge in [-0.2, -0.15) is 0 Å². The van der Waals surface area contributed by atoms with Crippen molar-refractivity contribution in [2.75, 3.05) is 26.8 Å². The van der Waals surface area contributed by atoms with Gasteiger partial charge in [0.05, 0.1) is 6.61 Å². The highest BCUT2D eigenvalue weighted by atomic mass is 127. The highest BCUT2D eigenvalue weighted by Crippen LogP contribution is 2.23. The van der Waals surface area contributed by atoms with E-state index in [2.05, 4.69) is 65.7 Å². The molecule has 0 fully saturated rings. The van der Waals surface area contributed by atoms with Crippen LogP contribution < -0.4 is 5.32 Å². The van der Waals surface area contributed by atoms with E-state index in [0.29, 0.717) is 0 Å². The van der Waals surface area contributed by atoms with Gasteiger partial charge >= 0.3 is 0 Å². The summed E-state index contributed by atoms with van der Waals surface area (Å²) in [6.45, 7) is 8.76. The van der Waals surface area contributed by atoms with E-state index >= 15 is 0 Å². The molecule has 0 radical (unpaired) electrons. The van der Waals surface area contributed by atoms with Gasteiger partial charge in [0, 0.05) is 29.2 Å². The van der Waals surface area contributed by atoms with Crippen molar-refractivity contribution in [1.29, 1.82) is 0 Å². The van der Waals surface area contributed by atoms with Gasteiger partial charge in [0.2, 0.25) is 0 Å². The molecular formula is C15H22INO. The quantitative estimate of drug-likeness (QED) is 0.437. The van der Waals surface area contributed by atoms with Crippen molar-refractivity contribution in [3.8, 4) is 0 Å². The summed E-state index contributed by atoms with van der Waals surface area (Å²) >= 11 is 2.33. The van der Waals surface area contributed by atoms with Gasteiger partial charge in [-0.15, -0.1) is 6.58 Å². The molecule has 18 heavy (non-hydrogen) atoms. The van der Waals surface area contributed by atoms with Gasteiger partial charge in [0.1, 0.15) is 0 Å². The van der Waals surface area contributed by atoms with Crippen LogP contribution in [0.1, 0.15) is 12.5 Å². The number of ether oxygens (including phenoxy) is 1. The van der Waals surface area contributed by atoms with Gasteiger partial charge in [-0.1, -0.05) is 25.1 Å². The van der Waals surface area contributed by atoms with Crippen LogP contribution in [0, 0.1) is 8.99 Å². The molecule has 2 nitrogen and oxygen atoms in total. The van der Waals surface area contributed by atoms with Gasteiger partial charge in [0.15, 0.2) is 0 Å². The third kappa shape index (κ3) is 5.50. The van der Waals surface area contributed by atoms with Crippen LogP contribution >= 0.6 is 22.6 Å². The Morgan fingerprint density at radius 2 is 2.06 bits per heavy atom. The molecule has 1 aromatic carbocycles. The van der Waals surface area contributed by atoms with Crippen LogP contribution in [0.15, 0.2) is 36.9 Å². The van der Waals surface area contributed by atoms with Crippen molar-refractivity contribution in [2.45, 2.75) is 13.3 Å². The van der Waals surface area contributed by atoms with Crippen molar-refractivity contribution in [1.82, 2.24) is 5.32 Å². The van der Waals surface area contributed by atoms with Crippen molar-refractivity contribution in [3.63, 3.8) is 0 Å². The van der Waals surface area contributed by atoms with Crippen molar-refractivity contribution < 1.29 is 4.74 Å².